The zero-order valence-electron chi connectivity index (χ0n) is 20.3. The number of benzene rings is 1. The highest BCUT2D eigenvalue weighted by atomic mass is 35.5. The highest BCUT2D eigenvalue weighted by molar-refractivity contribution is 7.16. The Balaban J connectivity index is 2.16. The largest absolute Gasteiger partial charge is 0.414 e. The Kier molecular flexibility index (Phi) is 7.55. The molecular formula is C24H33ClN4O2SSi. The molecule has 0 aliphatic carbocycles. The van der Waals surface area contributed by atoms with Crippen LogP contribution in [0.4, 0.5) is 5.00 Å². The Bertz CT molecular complexity index is 1100. The molecule has 0 saturated carbocycles. The van der Waals surface area contributed by atoms with Crippen molar-refractivity contribution < 1.29 is 9.22 Å². The molecule has 9 heteroatoms. The van der Waals surface area contributed by atoms with Gasteiger partial charge in [-0.15, -0.1) is 11.3 Å². The van der Waals surface area contributed by atoms with Crippen LogP contribution in [-0.2, 0) is 9.22 Å². The van der Waals surface area contributed by atoms with Gasteiger partial charge < -0.3 is 9.74 Å². The molecule has 4 N–H and O–H groups in total. The smallest absolute Gasteiger partial charge is 0.259 e. The zero-order valence-corrected chi connectivity index (χ0v) is 22.9. The minimum Gasteiger partial charge on any atom is -0.414 e. The van der Waals surface area contributed by atoms with Gasteiger partial charge in [0.25, 0.3) is 5.91 Å². The molecule has 0 spiro atoms. The number of nitrogens with two attached hydrogens (primary N) is 1. The molecule has 1 aliphatic rings. The maximum Gasteiger partial charge on any atom is 0.259 e. The van der Waals surface area contributed by atoms with Crippen LogP contribution in [-0.4, -0.2) is 32.6 Å². The van der Waals surface area contributed by atoms with E-state index in [1.807, 2.05) is 24.3 Å². The number of carbonyl (C=O) groups excluding carboxylic acids is 1. The first-order valence-electron chi connectivity index (χ1n) is 10.9. The molecule has 1 amide bonds. The second kappa shape index (κ2) is 9.72. The Labute approximate surface area is 206 Å². The minimum atomic E-state index is -2.04. The predicted molar refractivity (Wildman–Crippen MR) is 142 cm³/mol. The summed E-state index contributed by atoms with van der Waals surface area (Å²) in [5.41, 5.74) is 6.86. The molecule has 2 aromatic rings. The van der Waals surface area contributed by atoms with E-state index in [0.29, 0.717) is 17.3 Å². The summed E-state index contributed by atoms with van der Waals surface area (Å²) in [6.45, 7) is 15.6. The van der Waals surface area contributed by atoms with Crippen LogP contribution in [0.25, 0.3) is 0 Å². The van der Waals surface area contributed by atoms with Crippen LogP contribution < -0.4 is 16.6 Å². The molecule has 0 bridgehead atoms. The van der Waals surface area contributed by atoms with Crippen molar-refractivity contribution in [3.63, 3.8) is 0 Å². The van der Waals surface area contributed by atoms with Crippen LogP contribution in [0.5, 0.6) is 0 Å². The van der Waals surface area contributed by atoms with Gasteiger partial charge in [-0.3, -0.25) is 15.2 Å². The SMILES string of the molecule is Cc1sc2c(c1C)C(c1ccc(Cl)cc1)=N[C@@H](CO[Si](C)(C)C(C)(C)C)C(=CC(=O)NN)N2. The van der Waals surface area contributed by atoms with Gasteiger partial charge in [0.1, 0.15) is 11.0 Å². The summed E-state index contributed by atoms with van der Waals surface area (Å²) in [5.74, 6) is 4.99. The topological polar surface area (TPSA) is 88.7 Å². The van der Waals surface area contributed by atoms with Gasteiger partial charge in [-0.25, -0.2) is 5.84 Å². The molecule has 0 radical (unpaired) electrons. The molecule has 3 rings (SSSR count). The third kappa shape index (κ3) is 5.58. The first-order valence-corrected chi connectivity index (χ1v) is 15.0. The molecule has 33 heavy (non-hydrogen) atoms. The van der Waals surface area contributed by atoms with E-state index in [-0.39, 0.29) is 5.04 Å². The Morgan fingerprint density at radius 2 is 1.94 bits per heavy atom. The number of aryl methyl sites for hydroxylation is 1. The fourth-order valence-corrected chi connectivity index (χ4v) is 5.49. The van der Waals surface area contributed by atoms with E-state index >= 15 is 0 Å². The summed E-state index contributed by atoms with van der Waals surface area (Å²) in [6, 6.07) is 7.29. The van der Waals surface area contributed by atoms with Crippen molar-refractivity contribution in [2.24, 2.45) is 10.8 Å². The summed E-state index contributed by atoms with van der Waals surface area (Å²) in [7, 11) is -2.04. The third-order valence-electron chi connectivity index (χ3n) is 6.48. The number of fused-ring (bicyclic) bond motifs is 1. The number of nitrogens with one attached hydrogen (secondary N) is 2. The molecule has 6 nitrogen and oxygen atoms in total. The third-order valence-corrected chi connectivity index (χ3v) is 12.4. The Hall–Kier alpha value is -1.97. The van der Waals surface area contributed by atoms with Crippen LogP contribution in [0, 0.1) is 13.8 Å². The maximum atomic E-state index is 12.2. The average Bonchev–Trinajstić information content (AvgIpc) is 2.91. The molecule has 0 unspecified atom stereocenters. The van der Waals surface area contributed by atoms with E-state index in [9.17, 15) is 4.79 Å². The van der Waals surface area contributed by atoms with Crippen LogP contribution in [0.1, 0.15) is 42.3 Å². The lowest BCUT2D eigenvalue weighted by Crippen LogP contribution is -2.43. The lowest BCUT2D eigenvalue weighted by molar-refractivity contribution is -0.116. The average molecular weight is 505 g/mol. The predicted octanol–water partition coefficient (Wildman–Crippen LogP) is 5.55. The molecule has 2 heterocycles. The van der Waals surface area contributed by atoms with Crippen molar-refractivity contribution in [3.05, 3.63) is 62.6 Å². The Morgan fingerprint density at radius 3 is 2.52 bits per heavy atom. The van der Waals surface area contributed by atoms with Gasteiger partial charge in [-0.2, -0.15) is 0 Å². The van der Waals surface area contributed by atoms with Gasteiger partial charge in [0.15, 0.2) is 8.32 Å². The van der Waals surface area contributed by atoms with Crippen molar-refractivity contribution in [2.45, 2.75) is 58.8 Å². The molecule has 1 aromatic carbocycles. The molecule has 0 fully saturated rings. The first kappa shape index (κ1) is 25.6. The lowest BCUT2D eigenvalue weighted by Gasteiger charge is -2.37. The monoisotopic (exact) mass is 504 g/mol. The molecule has 0 saturated heterocycles. The van der Waals surface area contributed by atoms with Crippen molar-refractivity contribution in [1.82, 2.24) is 5.43 Å². The number of aliphatic imine (C=N–C) groups is 1. The van der Waals surface area contributed by atoms with Crippen molar-refractivity contribution in [1.29, 1.82) is 0 Å². The van der Waals surface area contributed by atoms with Crippen LogP contribution in [0.2, 0.25) is 23.2 Å². The fourth-order valence-electron chi connectivity index (χ4n) is 3.28. The van der Waals surface area contributed by atoms with E-state index in [2.05, 4.69) is 58.5 Å². The van der Waals surface area contributed by atoms with E-state index < -0.39 is 20.3 Å². The number of anilines is 1. The van der Waals surface area contributed by atoms with Crippen LogP contribution >= 0.6 is 22.9 Å². The fraction of sp³-hybridized carbons (Fsp3) is 0.417. The Morgan fingerprint density at radius 1 is 1.30 bits per heavy atom. The number of rotatable bonds is 5. The molecule has 1 atom stereocenters. The number of hydrogen-bond acceptors (Lipinski definition) is 6. The van der Waals surface area contributed by atoms with E-state index in [0.717, 1.165) is 27.4 Å². The van der Waals surface area contributed by atoms with Crippen molar-refractivity contribution in [2.75, 3.05) is 11.9 Å². The highest BCUT2D eigenvalue weighted by Gasteiger charge is 2.38. The lowest BCUT2D eigenvalue weighted by atomic mass is 10.00. The summed E-state index contributed by atoms with van der Waals surface area (Å²) < 4.78 is 6.54. The minimum absolute atomic E-state index is 0.0543. The standard InChI is InChI=1S/C24H33ClN4O2SSi/c1-14-15(2)32-23-21(14)22(16-8-10-17(25)11-9-16)27-19(18(28-23)12-20(30)29-26)13-31-33(6,7)24(3,4)5/h8-12,19,28H,13,26H2,1-7H3,(H,29,30)/t19-/m0/s1. The van der Waals surface area contributed by atoms with E-state index in [4.69, 9.17) is 26.9 Å². The number of amides is 1. The number of thiophene rings is 1. The van der Waals surface area contributed by atoms with Gasteiger partial charge in [0.2, 0.25) is 0 Å². The van der Waals surface area contributed by atoms with Gasteiger partial charge in [0, 0.05) is 32.8 Å². The normalized spacial score (nSPS) is 17.8. The first-order chi connectivity index (χ1) is 15.3. The van der Waals surface area contributed by atoms with Crippen LogP contribution in [0.15, 0.2) is 41.0 Å². The number of hydrogen-bond donors (Lipinski definition) is 3. The summed E-state index contributed by atoms with van der Waals surface area (Å²) in [4.78, 5) is 18.6. The summed E-state index contributed by atoms with van der Waals surface area (Å²) >= 11 is 7.80. The van der Waals surface area contributed by atoms with Crippen LogP contribution in [0.3, 0.4) is 0 Å². The summed E-state index contributed by atoms with van der Waals surface area (Å²) in [5, 5.41) is 5.15. The molecule has 178 valence electrons. The highest BCUT2D eigenvalue weighted by Crippen LogP contribution is 2.40. The number of nitrogens with zero attached hydrogens (tertiary/aromatic N) is 1. The molecular weight excluding hydrogens is 472 g/mol. The summed E-state index contributed by atoms with van der Waals surface area (Å²) in [6.07, 6.45) is 1.47. The van der Waals surface area contributed by atoms with E-state index in [1.165, 1.54) is 11.0 Å². The van der Waals surface area contributed by atoms with Gasteiger partial charge in [-0.05, 0) is 49.7 Å². The van der Waals surface area contributed by atoms with Crippen molar-refractivity contribution >= 4 is 47.9 Å². The maximum absolute atomic E-state index is 12.2. The number of halogens is 1. The zero-order chi connectivity index (χ0) is 24.6. The number of carbonyl (C=O) groups is 1. The quantitative estimate of drug-likeness (QED) is 0.164. The van der Waals surface area contributed by atoms with Crippen molar-refractivity contribution in [3.8, 4) is 0 Å². The second-order valence-corrected chi connectivity index (χ2v) is 16.3. The molecule has 1 aliphatic heterocycles. The molecule has 1 aromatic heterocycles. The van der Waals surface area contributed by atoms with Gasteiger partial charge >= 0.3 is 0 Å². The van der Waals surface area contributed by atoms with E-state index in [1.54, 1.807) is 11.3 Å². The number of hydrazine groups is 1. The second-order valence-electron chi connectivity index (χ2n) is 9.79. The van der Waals surface area contributed by atoms with Gasteiger partial charge in [-0.1, -0.05) is 44.5 Å². The van der Waals surface area contributed by atoms with Gasteiger partial charge in [0.05, 0.1) is 12.3 Å².